The molecule has 2 amide bonds. The number of nitrogens with one attached hydrogen (secondary N) is 1. The van der Waals surface area contributed by atoms with Gasteiger partial charge in [-0.1, -0.05) is 58.0 Å². The van der Waals surface area contributed by atoms with Crippen molar-refractivity contribution in [1.29, 1.82) is 0 Å². The monoisotopic (exact) mass is 374 g/mol. The third kappa shape index (κ3) is 6.98. The number of carbonyl (C=O) groups excluding carboxylic acids is 2. The molecule has 27 heavy (non-hydrogen) atoms. The summed E-state index contributed by atoms with van der Waals surface area (Å²) in [5, 5.41) is 3.05. The molecule has 0 saturated carbocycles. The average molecular weight is 375 g/mol. The van der Waals surface area contributed by atoms with Crippen LogP contribution in [0.25, 0.3) is 0 Å². The van der Waals surface area contributed by atoms with Gasteiger partial charge in [-0.25, -0.2) is 0 Å². The second kappa shape index (κ2) is 9.88. The van der Waals surface area contributed by atoms with Crippen LogP contribution < -0.4 is 5.32 Å². The smallest absolute Gasteiger partial charge is 0.227 e. The zero-order valence-electron chi connectivity index (χ0n) is 17.2. The first kappa shape index (κ1) is 21.4. The van der Waals surface area contributed by atoms with Crippen molar-refractivity contribution in [3.63, 3.8) is 0 Å². The normalized spacial score (nSPS) is 16.8. The van der Waals surface area contributed by atoms with Crippen LogP contribution in [-0.4, -0.2) is 43.0 Å². The summed E-state index contributed by atoms with van der Waals surface area (Å²) in [6.07, 6.45) is 1.49. The molecule has 1 unspecified atom stereocenters. The fourth-order valence-corrected chi connectivity index (χ4v) is 3.25. The van der Waals surface area contributed by atoms with Crippen LogP contribution in [0.3, 0.4) is 0 Å². The van der Waals surface area contributed by atoms with Crippen molar-refractivity contribution in [2.24, 2.45) is 17.3 Å². The van der Waals surface area contributed by atoms with Crippen LogP contribution in [0, 0.1) is 17.3 Å². The third-order valence-electron chi connectivity index (χ3n) is 4.93. The molecule has 1 aliphatic rings. The fraction of sp³-hybridized carbons (Fsp3) is 0.636. The first-order valence-electron chi connectivity index (χ1n) is 9.96. The number of hydrogen-bond acceptors (Lipinski definition) is 3. The van der Waals surface area contributed by atoms with Crippen LogP contribution in [-0.2, 0) is 20.9 Å². The van der Waals surface area contributed by atoms with Crippen LogP contribution in [0.2, 0.25) is 0 Å². The summed E-state index contributed by atoms with van der Waals surface area (Å²) in [7, 11) is 0. The van der Waals surface area contributed by atoms with Crippen molar-refractivity contribution in [3.05, 3.63) is 35.9 Å². The van der Waals surface area contributed by atoms with Gasteiger partial charge in [0.2, 0.25) is 11.8 Å². The Balaban J connectivity index is 1.63. The Morgan fingerprint density at radius 1 is 1.19 bits per heavy atom. The van der Waals surface area contributed by atoms with Crippen molar-refractivity contribution in [2.45, 2.75) is 47.1 Å². The lowest BCUT2D eigenvalue weighted by Gasteiger charge is -2.35. The van der Waals surface area contributed by atoms with Gasteiger partial charge in [0.15, 0.2) is 0 Å². The maximum Gasteiger partial charge on any atom is 0.227 e. The number of hydrogen-bond donors (Lipinski definition) is 1. The molecule has 150 valence electrons. The molecule has 0 bridgehead atoms. The summed E-state index contributed by atoms with van der Waals surface area (Å²) >= 11 is 0. The Labute approximate surface area is 163 Å². The van der Waals surface area contributed by atoms with E-state index in [2.05, 4.69) is 12.2 Å². The molecule has 0 spiro atoms. The molecule has 1 atom stereocenters. The Kier molecular flexibility index (Phi) is 7.84. The van der Waals surface area contributed by atoms with Crippen molar-refractivity contribution < 1.29 is 14.3 Å². The number of ether oxygens (including phenoxy) is 1. The highest BCUT2D eigenvalue weighted by Crippen LogP contribution is 2.23. The van der Waals surface area contributed by atoms with E-state index in [-0.39, 0.29) is 29.1 Å². The molecule has 2 rings (SSSR count). The standard InChI is InChI=1S/C22H34N2O3/c1-17(15-27-16-18-8-6-5-7-9-18)14-23-20(25)19-10-12-24(13-11-19)21(26)22(2,3)4/h5-9,17,19H,10-16H2,1-4H3,(H,23,25). The molecule has 0 radical (unpaired) electrons. The first-order valence-corrected chi connectivity index (χ1v) is 9.96. The number of piperidine rings is 1. The van der Waals surface area contributed by atoms with E-state index in [0.29, 0.717) is 32.8 Å². The minimum Gasteiger partial charge on any atom is -0.376 e. The van der Waals surface area contributed by atoms with Crippen LogP contribution in [0.5, 0.6) is 0 Å². The first-order chi connectivity index (χ1) is 12.8. The Bertz CT molecular complexity index is 602. The zero-order chi connectivity index (χ0) is 19.9. The molecular weight excluding hydrogens is 340 g/mol. The largest absolute Gasteiger partial charge is 0.376 e. The maximum absolute atomic E-state index is 12.4. The van der Waals surface area contributed by atoms with E-state index in [1.165, 1.54) is 0 Å². The minimum atomic E-state index is -0.357. The van der Waals surface area contributed by atoms with E-state index in [4.69, 9.17) is 4.74 Å². The fourth-order valence-electron chi connectivity index (χ4n) is 3.25. The van der Waals surface area contributed by atoms with Crippen LogP contribution >= 0.6 is 0 Å². The molecule has 5 nitrogen and oxygen atoms in total. The predicted octanol–water partition coefficient (Wildman–Crippen LogP) is 3.24. The molecule has 1 N–H and O–H groups in total. The van der Waals surface area contributed by atoms with Crippen LogP contribution in [0.1, 0.15) is 46.1 Å². The van der Waals surface area contributed by atoms with E-state index in [1.54, 1.807) is 0 Å². The van der Waals surface area contributed by atoms with Crippen molar-refractivity contribution in [3.8, 4) is 0 Å². The van der Waals surface area contributed by atoms with Crippen LogP contribution in [0.15, 0.2) is 30.3 Å². The Hall–Kier alpha value is -1.88. The molecule has 1 aromatic rings. The highest BCUT2D eigenvalue weighted by molar-refractivity contribution is 5.82. The molecule has 0 aromatic heterocycles. The van der Waals surface area contributed by atoms with Gasteiger partial charge < -0.3 is 15.0 Å². The van der Waals surface area contributed by atoms with E-state index >= 15 is 0 Å². The zero-order valence-corrected chi connectivity index (χ0v) is 17.2. The van der Waals surface area contributed by atoms with Gasteiger partial charge in [-0.05, 0) is 24.3 Å². The average Bonchev–Trinajstić information content (AvgIpc) is 2.66. The lowest BCUT2D eigenvalue weighted by molar-refractivity contribution is -0.142. The van der Waals surface area contributed by atoms with Gasteiger partial charge in [0.1, 0.15) is 0 Å². The molecule has 1 heterocycles. The summed E-state index contributed by atoms with van der Waals surface area (Å²) in [5.41, 5.74) is 0.801. The highest BCUT2D eigenvalue weighted by atomic mass is 16.5. The number of amides is 2. The SMILES string of the molecule is CC(CNC(=O)C1CCN(C(=O)C(C)(C)C)CC1)COCc1ccccc1. The van der Waals surface area contributed by atoms with Crippen molar-refractivity contribution >= 4 is 11.8 Å². The highest BCUT2D eigenvalue weighted by Gasteiger charge is 2.32. The van der Waals surface area contributed by atoms with E-state index in [9.17, 15) is 9.59 Å². The van der Waals surface area contributed by atoms with E-state index in [1.807, 2.05) is 56.0 Å². The van der Waals surface area contributed by atoms with Crippen molar-refractivity contribution in [1.82, 2.24) is 10.2 Å². The van der Waals surface area contributed by atoms with Gasteiger partial charge in [0.05, 0.1) is 13.2 Å². The number of likely N-dealkylation sites (tertiary alicyclic amines) is 1. The van der Waals surface area contributed by atoms with Gasteiger partial charge in [0.25, 0.3) is 0 Å². The molecule has 0 aliphatic carbocycles. The second-order valence-corrected chi connectivity index (χ2v) is 8.67. The van der Waals surface area contributed by atoms with Gasteiger partial charge in [-0.15, -0.1) is 0 Å². The number of nitrogens with zero attached hydrogens (tertiary/aromatic N) is 1. The van der Waals surface area contributed by atoms with Gasteiger partial charge in [0, 0.05) is 31.0 Å². The van der Waals surface area contributed by atoms with E-state index in [0.717, 1.165) is 18.4 Å². The molecule has 1 saturated heterocycles. The lowest BCUT2D eigenvalue weighted by Crippen LogP contribution is -2.47. The third-order valence-corrected chi connectivity index (χ3v) is 4.93. The second-order valence-electron chi connectivity index (χ2n) is 8.67. The molecule has 1 aromatic carbocycles. The summed E-state index contributed by atoms with van der Waals surface area (Å²) < 4.78 is 5.74. The minimum absolute atomic E-state index is 0.00598. The topological polar surface area (TPSA) is 58.6 Å². The Morgan fingerprint density at radius 2 is 1.81 bits per heavy atom. The van der Waals surface area contributed by atoms with Gasteiger partial charge in [-0.2, -0.15) is 0 Å². The summed E-state index contributed by atoms with van der Waals surface area (Å²) in [5.74, 6) is 0.546. The predicted molar refractivity (Wildman–Crippen MR) is 107 cm³/mol. The summed E-state index contributed by atoms with van der Waals surface area (Å²) in [4.78, 5) is 26.6. The van der Waals surface area contributed by atoms with Crippen LogP contribution in [0.4, 0.5) is 0 Å². The van der Waals surface area contributed by atoms with Gasteiger partial charge >= 0.3 is 0 Å². The Morgan fingerprint density at radius 3 is 2.41 bits per heavy atom. The summed E-state index contributed by atoms with van der Waals surface area (Å²) in [6, 6.07) is 10.1. The lowest BCUT2D eigenvalue weighted by atomic mass is 9.90. The number of benzene rings is 1. The molecule has 5 heteroatoms. The quantitative estimate of drug-likeness (QED) is 0.797. The number of carbonyl (C=O) groups is 2. The molecule has 1 aliphatic heterocycles. The summed E-state index contributed by atoms with van der Waals surface area (Å²) in [6.45, 7) is 11.1. The molecule has 1 fully saturated rings. The van der Waals surface area contributed by atoms with E-state index < -0.39 is 0 Å². The number of rotatable bonds is 7. The van der Waals surface area contributed by atoms with Crippen molar-refractivity contribution in [2.75, 3.05) is 26.2 Å². The van der Waals surface area contributed by atoms with Gasteiger partial charge in [-0.3, -0.25) is 9.59 Å². The molecular formula is C22H34N2O3. The maximum atomic E-state index is 12.4.